The Hall–Kier alpha value is -1.30. The van der Waals surface area contributed by atoms with Gasteiger partial charge in [0.25, 0.3) is 0 Å². The van der Waals surface area contributed by atoms with Crippen LogP contribution in [0.2, 0.25) is 5.02 Å². The molecule has 1 aliphatic heterocycles. The van der Waals surface area contributed by atoms with Gasteiger partial charge in [-0.05, 0) is 37.6 Å². The van der Waals surface area contributed by atoms with Crippen molar-refractivity contribution in [3.8, 4) is 0 Å². The van der Waals surface area contributed by atoms with Crippen LogP contribution in [0.5, 0.6) is 0 Å². The van der Waals surface area contributed by atoms with Crippen molar-refractivity contribution in [2.75, 3.05) is 46.9 Å². The summed E-state index contributed by atoms with van der Waals surface area (Å²) in [5.41, 5.74) is 1.51. The van der Waals surface area contributed by atoms with E-state index in [4.69, 9.17) is 16.3 Å². The molecule has 24 heavy (non-hydrogen) atoms. The van der Waals surface area contributed by atoms with Crippen LogP contribution in [0.1, 0.15) is 18.4 Å². The third kappa shape index (κ3) is 4.41. The highest BCUT2D eigenvalue weighted by Gasteiger charge is 2.44. The molecule has 0 aromatic heterocycles. The molecule has 1 aliphatic carbocycles. The molecule has 6 heteroatoms. The topological polar surface area (TPSA) is 48.9 Å². The number of guanidine groups is 1. The molecule has 0 radical (unpaired) electrons. The lowest BCUT2D eigenvalue weighted by Gasteiger charge is -2.30. The van der Waals surface area contributed by atoms with E-state index in [9.17, 15) is 0 Å². The maximum atomic E-state index is 6.14. The molecular formula is C18H27ClN4O. The lowest BCUT2D eigenvalue weighted by atomic mass is 9.96. The number of benzene rings is 1. The molecule has 1 saturated heterocycles. The Morgan fingerprint density at radius 3 is 2.92 bits per heavy atom. The minimum Gasteiger partial charge on any atom is -0.374 e. The highest BCUT2D eigenvalue weighted by atomic mass is 35.5. The number of morpholine rings is 1. The van der Waals surface area contributed by atoms with E-state index >= 15 is 0 Å². The first-order valence-corrected chi connectivity index (χ1v) is 9.00. The van der Waals surface area contributed by atoms with E-state index in [1.54, 1.807) is 0 Å². The fourth-order valence-corrected chi connectivity index (χ4v) is 3.40. The van der Waals surface area contributed by atoms with E-state index in [0.717, 1.165) is 43.8 Å². The van der Waals surface area contributed by atoms with E-state index in [1.807, 2.05) is 19.2 Å². The highest BCUT2D eigenvalue weighted by Crippen LogP contribution is 2.48. The molecule has 1 unspecified atom stereocenters. The largest absolute Gasteiger partial charge is 0.374 e. The Morgan fingerprint density at radius 1 is 1.42 bits per heavy atom. The second kappa shape index (κ2) is 7.72. The van der Waals surface area contributed by atoms with Gasteiger partial charge in [0, 0.05) is 43.7 Å². The van der Waals surface area contributed by atoms with Gasteiger partial charge >= 0.3 is 0 Å². The van der Waals surface area contributed by atoms with Gasteiger partial charge < -0.3 is 20.3 Å². The van der Waals surface area contributed by atoms with Crippen molar-refractivity contribution in [2.45, 2.75) is 24.4 Å². The van der Waals surface area contributed by atoms with E-state index in [-0.39, 0.29) is 11.5 Å². The van der Waals surface area contributed by atoms with Crippen LogP contribution in [-0.2, 0) is 10.2 Å². The first-order chi connectivity index (χ1) is 11.6. The summed E-state index contributed by atoms with van der Waals surface area (Å²) in [6.07, 6.45) is 2.59. The van der Waals surface area contributed by atoms with Crippen molar-refractivity contribution in [1.29, 1.82) is 0 Å². The molecule has 0 spiro atoms. The molecule has 1 aromatic carbocycles. The number of hydrogen-bond acceptors (Lipinski definition) is 3. The van der Waals surface area contributed by atoms with Gasteiger partial charge in [0.2, 0.25) is 0 Å². The fraction of sp³-hybridized carbons (Fsp3) is 0.611. The Bertz CT molecular complexity index is 588. The normalized spacial score (nSPS) is 23.8. The monoisotopic (exact) mass is 350 g/mol. The van der Waals surface area contributed by atoms with Crippen molar-refractivity contribution in [3.05, 3.63) is 34.9 Å². The molecule has 1 heterocycles. The summed E-state index contributed by atoms with van der Waals surface area (Å²) in [6, 6.07) is 8.21. The van der Waals surface area contributed by atoms with Gasteiger partial charge in [-0.2, -0.15) is 0 Å². The predicted molar refractivity (Wildman–Crippen MR) is 99.0 cm³/mol. The Balaban J connectivity index is 1.49. The van der Waals surface area contributed by atoms with Crippen molar-refractivity contribution < 1.29 is 4.74 Å². The maximum absolute atomic E-state index is 6.14. The summed E-state index contributed by atoms with van der Waals surface area (Å²) in [6.45, 7) is 4.40. The first-order valence-electron chi connectivity index (χ1n) is 8.62. The molecule has 1 saturated carbocycles. The summed E-state index contributed by atoms with van der Waals surface area (Å²) in [4.78, 5) is 6.63. The van der Waals surface area contributed by atoms with Gasteiger partial charge in [-0.25, -0.2) is 0 Å². The van der Waals surface area contributed by atoms with E-state index in [1.165, 1.54) is 18.4 Å². The molecule has 0 bridgehead atoms. The molecular weight excluding hydrogens is 324 g/mol. The van der Waals surface area contributed by atoms with Gasteiger partial charge in [0.1, 0.15) is 0 Å². The van der Waals surface area contributed by atoms with Crippen LogP contribution in [-0.4, -0.2) is 63.8 Å². The average molecular weight is 351 g/mol. The van der Waals surface area contributed by atoms with Crippen LogP contribution in [0.15, 0.2) is 29.3 Å². The number of nitrogens with one attached hydrogen (secondary N) is 2. The number of likely N-dealkylation sites (N-methyl/N-ethyl adjacent to an activating group) is 1. The van der Waals surface area contributed by atoms with E-state index in [0.29, 0.717) is 0 Å². The SMILES string of the molecule is CN=C(NCC1CN(C)CCO1)NCC1(c2cccc(Cl)c2)CC1. The lowest BCUT2D eigenvalue weighted by Crippen LogP contribution is -2.49. The number of ether oxygens (including phenoxy) is 1. The van der Waals surface area contributed by atoms with E-state index < -0.39 is 0 Å². The minimum atomic E-state index is 0.198. The first kappa shape index (κ1) is 17.5. The Kier molecular flexibility index (Phi) is 5.64. The molecule has 1 atom stereocenters. The third-order valence-corrected chi connectivity index (χ3v) is 5.18. The number of rotatable bonds is 5. The van der Waals surface area contributed by atoms with Gasteiger partial charge in [-0.15, -0.1) is 0 Å². The standard InChI is InChI=1S/C18H27ClN4O/c1-20-17(21-11-16-12-23(2)8-9-24-16)22-13-18(6-7-18)14-4-3-5-15(19)10-14/h3-5,10,16H,6-9,11-13H2,1-2H3,(H2,20,21,22). The van der Waals surface area contributed by atoms with Crippen LogP contribution in [0.25, 0.3) is 0 Å². The number of hydrogen-bond donors (Lipinski definition) is 2. The van der Waals surface area contributed by atoms with Gasteiger partial charge in [-0.1, -0.05) is 23.7 Å². The quantitative estimate of drug-likeness (QED) is 0.628. The summed E-state index contributed by atoms with van der Waals surface area (Å²) >= 11 is 6.14. The molecule has 2 aliphatic rings. The summed E-state index contributed by atoms with van der Waals surface area (Å²) in [7, 11) is 3.94. The number of aliphatic imine (C=N–C) groups is 1. The van der Waals surface area contributed by atoms with Crippen LogP contribution < -0.4 is 10.6 Å². The van der Waals surface area contributed by atoms with Crippen LogP contribution in [0.3, 0.4) is 0 Å². The molecule has 0 amide bonds. The minimum absolute atomic E-state index is 0.198. The van der Waals surface area contributed by atoms with Crippen molar-refractivity contribution in [3.63, 3.8) is 0 Å². The second-order valence-electron chi connectivity index (χ2n) is 6.85. The summed E-state index contributed by atoms with van der Waals surface area (Å²) in [5.74, 6) is 0.833. The zero-order valence-corrected chi connectivity index (χ0v) is 15.3. The summed E-state index contributed by atoms with van der Waals surface area (Å²) in [5, 5.41) is 7.66. The molecule has 2 N–H and O–H groups in total. The van der Waals surface area contributed by atoms with Crippen LogP contribution >= 0.6 is 11.6 Å². The average Bonchev–Trinajstić information content (AvgIpc) is 3.36. The highest BCUT2D eigenvalue weighted by molar-refractivity contribution is 6.30. The molecule has 2 fully saturated rings. The van der Waals surface area contributed by atoms with Crippen molar-refractivity contribution >= 4 is 17.6 Å². The molecule has 3 rings (SSSR count). The third-order valence-electron chi connectivity index (χ3n) is 4.95. The van der Waals surface area contributed by atoms with E-state index in [2.05, 4.69) is 39.7 Å². The maximum Gasteiger partial charge on any atom is 0.191 e. The Morgan fingerprint density at radius 2 is 2.25 bits per heavy atom. The second-order valence-corrected chi connectivity index (χ2v) is 7.29. The van der Waals surface area contributed by atoms with Crippen molar-refractivity contribution in [2.24, 2.45) is 4.99 Å². The number of halogens is 1. The Labute approximate surface area is 149 Å². The summed E-state index contributed by atoms with van der Waals surface area (Å²) < 4.78 is 5.78. The van der Waals surface area contributed by atoms with Gasteiger partial charge in [-0.3, -0.25) is 4.99 Å². The molecule has 1 aromatic rings. The zero-order chi connectivity index (χ0) is 17.0. The van der Waals surface area contributed by atoms with Crippen molar-refractivity contribution in [1.82, 2.24) is 15.5 Å². The zero-order valence-electron chi connectivity index (χ0n) is 14.5. The molecule has 5 nitrogen and oxygen atoms in total. The molecule has 132 valence electrons. The lowest BCUT2D eigenvalue weighted by molar-refractivity contribution is -0.0161. The smallest absolute Gasteiger partial charge is 0.191 e. The van der Waals surface area contributed by atoms with Crippen LogP contribution in [0, 0.1) is 0 Å². The van der Waals surface area contributed by atoms with Gasteiger partial charge in [0.05, 0.1) is 12.7 Å². The fourth-order valence-electron chi connectivity index (χ4n) is 3.21. The predicted octanol–water partition coefficient (Wildman–Crippen LogP) is 1.87. The van der Waals surface area contributed by atoms with Gasteiger partial charge in [0.15, 0.2) is 5.96 Å². The van der Waals surface area contributed by atoms with Crippen LogP contribution in [0.4, 0.5) is 0 Å². The number of nitrogens with zero attached hydrogens (tertiary/aromatic N) is 2.